The first-order valence-corrected chi connectivity index (χ1v) is 9.65. The van der Waals surface area contributed by atoms with Crippen molar-refractivity contribution in [1.82, 2.24) is 20.2 Å². The van der Waals surface area contributed by atoms with Gasteiger partial charge in [-0.25, -0.2) is 19.7 Å². The monoisotopic (exact) mass is 397 g/mol. The Morgan fingerprint density at radius 3 is 2.59 bits per heavy atom. The van der Waals surface area contributed by atoms with Crippen LogP contribution in [-0.2, 0) is 10.3 Å². The molecule has 0 radical (unpaired) electrons. The number of quaternary nitrogens is 1. The first kappa shape index (κ1) is 19.1. The smallest absolute Gasteiger partial charge is 0.329 e. The zero-order valence-corrected chi connectivity index (χ0v) is 16.6. The highest BCUT2D eigenvalue weighted by molar-refractivity contribution is 6.07. The number of nitrogens with zero attached hydrogens (tertiary/aromatic N) is 4. The molecule has 4 rings (SSSR count). The number of nitrogens with one attached hydrogen (secondary N) is 2. The van der Waals surface area contributed by atoms with Gasteiger partial charge < -0.3 is 19.9 Å². The predicted molar refractivity (Wildman–Crippen MR) is 106 cm³/mol. The summed E-state index contributed by atoms with van der Waals surface area (Å²) in [6, 6.07) is 8.68. The number of ether oxygens (including phenoxy) is 1. The lowest BCUT2D eigenvalue weighted by Crippen LogP contribution is -3.16. The van der Waals surface area contributed by atoms with Crippen molar-refractivity contribution in [3.8, 4) is 5.75 Å². The maximum absolute atomic E-state index is 13.2. The molecule has 0 bridgehead atoms. The minimum absolute atomic E-state index is 0.239. The van der Waals surface area contributed by atoms with Gasteiger partial charge in [-0.3, -0.25) is 4.79 Å². The average molecular weight is 397 g/mol. The number of piperazine rings is 1. The van der Waals surface area contributed by atoms with Gasteiger partial charge in [-0.2, -0.15) is 0 Å². The lowest BCUT2D eigenvalue weighted by atomic mass is 9.92. The Morgan fingerprint density at radius 2 is 1.90 bits per heavy atom. The van der Waals surface area contributed by atoms with E-state index in [0.717, 1.165) is 26.2 Å². The van der Waals surface area contributed by atoms with Crippen LogP contribution in [0.4, 0.5) is 10.7 Å². The molecule has 1 aromatic heterocycles. The molecule has 152 valence electrons. The molecular weight excluding hydrogens is 372 g/mol. The van der Waals surface area contributed by atoms with Gasteiger partial charge in [0.2, 0.25) is 5.95 Å². The summed E-state index contributed by atoms with van der Waals surface area (Å²) < 4.78 is 5.26. The third-order valence-corrected chi connectivity index (χ3v) is 5.61. The van der Waals surface area contributed by atoms with E-state index in [2.05, 4.69) is 20.2 Å². The third kappa shape index (κ3) is 3.61. The Bertz CT molecular complexity index is 900. The van der Waals surface area contributed by atoms with E-state index >= 15 is 0 Å². The largest absolute Gasteiger partial charge is 0.497 e. The van der Waals surface area contributed by atoms with Crippen LogP contribution < -0.4 is 19.9 Å². The molecule has 2 aromatic rings. The summed E-state index contributed by atoms with van der Waals surface area (Å²) in [4.78, 5) is 39.0. The summed E-state index contributed by atoms with van der Waals surface area (Å²) in [5.74, 6) is 1.12. The Kier molecular flexibility index (Phi) is 5.06. The first-order valence-electron chi connectivity index (χ1n) is 9.65. The highest BCUT2D eigenvalue weighted by Crippen LogP contribution is 2.30. The zero-order valence-electron chi connectivity index (χ0n) is 16.6. The summed E-state index contributed by atoms with van der Waals surface area (Å²) in [7, 11) is 1.58. The van der Waals surface area contributed by atoms with Crippen molar-refractivity contribution < 1.29 is 19.2 Å². The molecule has 1 atom stereocenters. The molecular formula is C20H25N6O3+. The number of aromatic nitrogens is 2. The summed E-state index contributed by atoms with van der Waals surface area (Å²) >= 11 is 0. The first-order chi connectivity index (χ1) is 14.0. The maximum atomic E-state index is 13.2. The van der Waals surface area contributed by atoms with Crippen LogP contribution in [0.5, 0.6) is 5.75 Å². The van der Waals surface area contributed by atoms with Gasteiger partial charge in [-0.1, -0.05) is 12.1 Å². The standard InChI is InChI=1S/C20H24N6O3/c1-20(15-5-3-6-16(13-15)29-2)17(27)26(19(28)23-20)14-24-9-11-25(12-10-24)18-21-7-4-8-22-18/h3-8,13H,9-12,14H2,1-2H3,(H,23,28)/p+1/t20-/m0/s1. The Balaban J connectivity index is 1.42. The van der Waals surface area contributed by atoms with Crippen LogP contribution in [0.25, 0.3) is 0 Å². The second-order valence-electron chi connectivity index (χ2n) is 7.46. The molecule has 0 spiro atoms. The van der Waals surface area contributed by atoms with E-state index in [1.165, 1.54) is 9.80 Å². The number of carbonyl (C=O) groups is 2. The van der Waals surface area contributed by atoms with Gasteiger partial charge in [0.15, 0.2) is 6.67 Å². The van der Waals surface area contributed by atoms with Crippen molar-refractivity contribution in [2.45, 2.75) is 12.5 Å². The molecule has 29 heavy (non-hydrogen) atoms. The van der Waals surface area contributed by atoms with Gasteiger partial charge in [-0.15, -0.1) is 0 Å². The highest BCUT2D eigenvalue weighted by Gasteiger charge is 2.50. The van der Waals surface area contributed by atoms with E-state index in [0.29, 0.717) is 23.9 Å². The minimum Gasteiger partial charge on any atom is -0.497 e. The molecule has 2 saturated heterocycles. The Morgan fingerprint density at radius 1 is 1.17 bits per heavy atom. The normalized spacial score (nSPS) is 22.7. The van der Waals surface area contributed by atoms with Crippen LogP contribution in [0.1, 0.15) is 12.5 Å². The number of urea groups is 1. The van der Waals surface area contributed by atoms with E-state index in [4.69, 9.17) is 4.74 Å². The Hall–Kier alpha value is -3.20. The topological polar surface area (TPSA) is 92.1 Å². The lowest BCUT2D eigenvalue weighted by Gasteiger charge is -2.33. The summed E-state index contributed by atoms with van der Waals surface area (Å²) in [5.41, 5.74) is -0.385. The van der Waals surface area contributed by atoms with E-state index in [-0.39, 0.29) is 11.9 Å². The fourth-order valence-electron chi connectivity index (χ4n) is 3.83. The summed E-state index contributed by atoms with van der Waals surface area (Å²) in [6.45, 7) is 5.22. The number of hydrogen-bond acceptors (Lipinski definition) is 6. The van der Waals surface area contributed by atoms with Crippen molar-refractivity contribution in [2.24, 2.45) is 0 Å². The van der Waals surface area contributed by atoms with Gasteiger partial charge >= 0.3 is 6.03 Å². The number of carbonyl (C=O) groups excluding carboxylic acids is 2. The molecule has 2 aliphatic rings. The van der Waals surface area contributed by atoms with Gasteiger partial charge in [-0.05, 0) is 30.7 Å². The molecule has 3 amide bonds. The van der Waals surface area contributed by atoms with E-state index in [1.807, 2.05) is 18.2 Å². The lowest BCUT2D eigenvalue weighted by molar-refractivity contribution is -0.907. The molecule has 2 aliphatic heterocycles. The van der Waals surface area contributed by atoms with Crippen molar-refractivity contribution in [3.63, 3.8) is 0 Å². The molecule has 9 nitrogen and oxygen atoms in total. The van der Waals surface area contributed by atoms with Crippen LogP contribution in [0.15, 0.2) is 42.7 Å². The molecule has 3 heterocycles. The minimum atomic E-state index is -1.09. The third-order valence-electron chi connectivity index (χ3n) is 5.61. The van der Waals surface area contributed by atoms with Crippen molar-refractivity contribution in [3.05, 3.63) is 48.3 Å². The number of benzene rings is 1. The van der Waals surface area contributed by atoms with Crippen molar-refractivity contribution in [2.75, 3.05) is 44.9 Å². The van der Waals surface area contributed by atoms with Gasteiger partial charge in [0, 0.05) is 12.4 Å². The molecule has 2 N–H and O–H groups in total. The number of methoxy groups -OCH3 is 1. The van der Waals surface area contributed by atoms with Crippen LogP contribution in [-0.4, -0.2) is 66.8 Å². The second-order valence-corrected chi connectivity index (χ2v) is 7.46. The number of amides is 3. The molecule has 0 aliphatic carbocycles. The maximum Gasteiger partial charge on any atom is 0.329 e. The Labute approximate surface area is 169 Å². The number of imide groups is 1. The van der Waals surface area contributed by atoms with Crippen molar-refractivity contribution in [1.29, 1.82) is 0 Å². The highest BCUT2D eigenvalue weighted by atomic mass is 16.5. The summed E-state index contributed by atoms with van der Waals surface area (Å²) in [6.07, 6.45) is 3.46. The quantitative estimate of drug-likeness (QED) is 0.668. The van der Waals surface area contributed by atoms with Crippen LogP contribution in [0, 0.1) is 0 Å². The van der Waals surface area contributed by atoms with E-state index < -0.39 is 5.54 Å². The van der Waals surface area contributed by atoms with Gasteiger partial charge in [0.25, 0.3) is 5.91 Å². The van der Waals surface area contributed by atoms with Crippen LogP contribution >= 0.6 is 0 Å². The fourth-order valence-corrected chi connectivity index (χ4v) is 3.83. The molecule has 9 heteroatoms. The predicted octanol–water partition coefficient (Wildman–Crippen LogP) is -0.385. The van der Waals surface area contributed by atoms with E-state index in [9.17, 15) is 9.59 Å². The zero-order chi connectivity index (χ0) is 20.4. The molecule has 0 unspecified atom stereocenters. The SMILES string of the molecule is COc1cccc([C@]2(C)NC(=O)N(C[NH+]3CCN(c4ncccn4)CC3)C2=O)c1. The number of hydrogen-bond donors (Lipinski definition) is 2. The average Bonchev–Trinajstić information content (AvgIpc) is 2.99. The van der Waals surface area contributed by atoms with Gasteiger partial charge in [0.1, 0.15) is 11.3 Å². The van der Waals surface area contributed by atoms with Gasteiger partial charge in [0.05, 0.1) is 33.3 Å². The second kappa shape index (κ2) is 7.67. The molecule has 2 fully saturated rings. The number of rotatable bonds is 5. The number of anilines is 1. The molecule has 1 aromatic carbocycles. The van der Waals surface area contributed by atoms with Crippen LogP contribution in [0.2, 0.25) is 0 Å². The van der Waals surface area contributed by atoms with Crippen LogP contribution in [0.3, 0.4) is 0 Å². The van der Waals surface area contributed by atoms with E-state index in [1.54, 1.807) is 38.6 Å². The summed E-state index contributed by atoms with van der Waals surface area (Å²) in [5, 5.41) is 2.86. The van der Waals surface area contributed by atoms with Crippen molar-refractivity contribution >= 4 is 17.9 Å². The fraction of sp³-hybridized carbons (Fsp3) is 0.400. The molecule has 0 saturated carbocycles.